The van der Waals surface area contributed by atoms with E-state index < -0.39 is 16.3 Å². The number of nitrogens with zero attached hydrogens (tertiary/aromatic N) is 2. The number of carbonyl (C=O) groups excluding carboxylic acids is 1. The topological polar surface area (TPSA) is 101 Å². The predicted molar refractivity (Wildman–Crippen MR) is 104 cm³/mol. The molecule has 1 aliphatic carbocycles. The van der Waals surface area contributed by atoms with Crippen molar-refractivity contribution in [2.75, 3.05) is 11.4 Å². The van der Waals surface area contributed by atoms with Crippen LogP contribution in [-0.2, 0) is 15.0 Å². The minimum absolute atomic E-state index is 0.0363. The van der Waals surface area contributed by atoms with Crippen LogP contribution in [0.4, 0.5) is 5.69 Å². The van der Waals surface area contributed by atoms with Crippen molar-refractivity contribution >= 4 is 17.4 Å². The van der Waals surface area contributed by atoms with Crippen LogP contribution in [0.15, 0.2) is 71.6 Å². The number of para-hydroxylation sites is 1. The third-order valence-electron chi connectivity index (χ3n) is 4.97. The number of carboxylic acid groups (broad SMARTS) is 1. The highest BCUT2D eigenvalue weighted by Gasteiger charge is 2.39. The molecule has 0 unspecified atom stereocenters. The van der Waals surface area contributed by atoms with Gasteiger partial charge in [0, 0.05) is 41.1 Å². The number of hydrogen-bond donors (Lipinski definition) is 1. The van der Waals surface area contributed by atoms with E-state index in [1.807, 2.05) is 43.0 Å². The third kappa shape index (κ3) is 3.51. The summed E-state index contributed by atoms with van der Waals surface area (Å²) in [4.78, 5) is 35.6. The zero-order valence-corrected chi connectivity index (χ0v) is 15.6. The molecule has 0 saturated carbocycles. The smallest absolute Gasteiger partial charge is 0.305 e. The van der Waals surface area contributed by atoms with Crippen LogP contribution in [0.1, 0.15) is 25.8 Å². The van der Waals surface area contributed by atoms with E-state index in [0.717, 1.165) is 16.9 Å². The van der Waals surface area contributed by atoms with Crippen LogP contribution in [0.25, 0.3) is 0 Å². The first kappa shape index (κ1) is 19.3. The van der Waals surface area contributed by atoms with Gasteiger partial charge in [0.15, 0.2) is 5.78 Å². The number of hydrogen-bond acceptors (Lipinski definition) is 5. The number of fused-ring (bicyclic) bond motifs is 1. The molecule has 7 heteroatoms. The Morgan fingerprint density at radius 3 is 2.64 bits per heavy atom. The van der Waals surface area contributed by atoms with E-state index in [0.29, 0.717) is 0 Å². The number of ketones is 1. The molecule has 0 fully saturated rings. The summed E-state index contributed by atoms with van der Waals surface area (Å²) in [6, 6.07) is 7.76. The second-order valence-electron chi connectivity index (χ2n) is 7.14. The van der Waals surface area contributed by atoms with Crippen LogP contribution in [0, 0.1) is 10.1 Å². The zero-order valence-electron chi connectivity index (χ0n) is 15.6. The SMILES string of the molecule is CC1(C)/C(=C\C=C2\C=C([N+](=O)[O-])C=CC2=O)N(CCC(=O)O)c2ccccc21. The van der Waals surface area contributed by atoms with Gasteiger partial charge in [-0.25, -0.2) is 0 Å². The molecule has 1 aliphatic heterocycles. The number of nitro groups is 1. The van der Waals surface area contributed by atoms with Crippen molar-refractivity contribution in [3.63, 3.8) is 0 Å². The number of aliphatic carboxylic acids is 1. The second-order valence-corrected chi connectivity index (χ2v) is 7.14. The summed E-state index contributed by atoms with van der Waals surface area (Å²) >= 11 is 0. The van der Waals surface area contributed by atoms with E-state index in [-0.39, 0.29) is 30.0 Å². The fourth-order valence-electron chi connectivity index (χ4n) is 3.54. The Kier molecular flexibility index (Phi) is 5.00. The average Bonchev–Trinajstić information content (AvgIpc) is 2.86. The molecule has 0 radical (unpaired) electrons. The number of carboxylic acids is 1. The van der Waals surface area contributed by atoms with Crippen LogP contribution in [0.2, 0.25) is 0 Å². The summed E-state index contributed by atoms with van der Waals surface area (Å²) in [7, 11) is 0. The number of carbonyl (C=O) groups is 2. The summed E-state index contributed by atoms with van der Waals surface area (Å²) < 4.78 is 0. The Labute approximate surface area is 162 Å². The highest BCUT2D eigenvalue weighted by atomic mass is 16.6. The van der Waals surface area contributed by atoms with E-state index in [2.05, 4.69) is 0 Å². The molecule has 7 nitrogen and oxygen atoms in total. The van der Waals surface area contributed by atoms with Gasteiger partial charge in [0.05, 0.1) is 11.3 Å². The molecule has 2 aliphatic rings. The quantitative estimate of drug-likeness (QED) is 0.477. The van der Waals surface area contributed by atoms with Crippen molar-refractivity contribution in [2.24, 2.45) is 0 Å². The monoisotopic (exact) mass is 380 g/mol. The highest BCUT2D eigenvalue weighted by Crippen LogP contribution is 2.47. The predicted octanol–water partition coefficient (Wildman–Crippen LogP) is 3.37. The van der Waals surface area contributed by atoms with Gasteiger partial charge >= 0.3 is 5.97 Å². The summed E-state index contributed by atoms with van der Waals surface area (Å²) in [5.41, 5.74) is 2.47. The van der Waals surface area contributed by atoms with E-state index in [1.54, 1.807) is 12.2 Å². The third-order valence-corrected chi connectivity index (χ3v) is 4.97. The number of rotatable bonds is 5. The van der Waals surface area contributed by atoms with Gasteiger partial charge < -0.3 is 10.0 Å². The molecular formula is C21H20N2O5. The van der Waals surface area contributed by atoms with Crippen LogP contribution in [0.5, 0.6) is 0 Å². The van der Waals surface area contributed by atoms with E-state index in [4.69, 9.17) is 5.11 Å². The normalized spacial score (nSPS) is 20.4. The Morgan fingerprint density at radius 2 is 1.96 bits per heavy atom. The van der Waals surface area contributed by atoms with Crippen LogP contribution >= 0.6 is 0 Å². The van der Waals surface area contributed by atoms with E-state index >= 15 is 0 Å². The fourth-order valence-corrected chi connectivity index (χ4v) is 3.54. The van der Waals surface area contributed by atoms with Gasteiger partial charge in [0.2, 0.25) is 0 Å². The maximum Gasteiger partial charge on any atom is 0.305 e. The fraction of sp³-hybridized carbons (Fsp3) is 0.238. The molecule has 0 amide bonds. The molecule has 1 aromatic rings. The Morgan fingerprint density at radius 1 is 1.25 bits per heavy atom. The Hall–Kier alpha value is -3.48. The lowest BCUT2D eigenvalue weighted by atomic mass is 9.83. The minimum atomic E-state index is -0.897. The van der Waals surface area contributed by atoms with Gasteiger partial charge in [-0.1, -0.05) is 32.0 Å². The van der Waals surface area contributed by atoms with Crippen molar-refractivity contribution in [3.05, 3.63) is 87.3 Å². The molecule has 0 spiro atoms. The van der Waals surface area contributed by atoms with E-state index in [1.165, 1.54) is 18.2 Å². The molecule has 0 saturated heterocycles. The number of anilines is 1. The summed E-state index contributed by atoms with van der Waals surface area (Å²) in [6.45, 7) is 4.34. The van der Waals surface area contributed by atoms with Crippen molar-refractivity contribution < 1.29 is 19.6 Å². The van der Waals surface area contributed by atoms with Gasteiger partial charge in [-0.15, -0.1) is 0 Å². The average molecular weight is 380 g/mol. The number of benzene rings is 1. The zero-order chi connectivity index (χ0) is 20.5. The molecule has 1 aromatic carbocycles. The molecule has 1 heterocycles. The van der Waals surface area contributed by atoms with Crippen molar-refractivity contribution in [2.45, 2.75) is 25.7 Å². The van der Waals surface area contributed by atoms with Crippen molar-refractivity contribution in [1.29, 1.82) is 0 Å². The largest absolute Gasteiger partial charge is 0.481 e. The first-order valence-electron chi connectivity index (χ1n) is 8.81. The molecule has 0 aromatic heterocycles. The summed E-state index contributed by atoms with van der Waals surface area (Å²) in [5.74, 6) is -1.21. The minimum Gasteiger partial charge on any atom is -0.481 e. The standard InChI is InChI=1S/C21H20N2O5/c1-21(2)16-5-3-4-6-17(16)22(12-11-20(25)26)19(21)10-7-14-13-15(23(27)28)8-9-18(14)24/h3-10,13H,11-12H2,1-2H3,(H,25,26)/b14-7-,19-10+. The van der Waals surface area contributed by atoms with Crippen molar-refractivity contribution in [3.8, 4) is 0 Å². The number of allylic oxidation sites excluding steroid dienone is 7. The lowest BCUT2D eigenvalue weighted by Gasteiger charge is -2.26. The molecule has 0 bridgehead atoms. The lowest BCUT2D eigenvalue weighted by molar-refractivity contribution is -0.419. The molecule has 3 rings (SSSR count). The Balaban J connectivity index is 2.05. The molecular weight excluding hydrogens is 360 g/mol. The van der Waals surface area contributed by atoms with Crippen LogP contribution in [0.3, 0.4) is 0 Å². The van der Waals surface area contributed by atoms with Crippen LogP contribution < -0.4 is 4.90 Å². The first-order valence-corrected chi connectivity index (χ1v) is 8.81. The van der Waals surface area contributed by atoms with E-state index in [9.17, 15) is 19.7 Å². The summed E-state index contributed by atoms with van der Waals surface area (Å²) in [5, 5.41) is 20.1. The molecule has 28 heavy (non-hydrogen) atoms. The lowest BCUT2D eigenvalue weighted by Crippen LogP contribution is -2.28. The molecule has 0 atom stereocenters. The van der Waals surface area contributed by atoms with Gasteiger partial charge in [-0.2, -0.15) is 0 Å². The van der Waals surface area contributed by atoms with Gasteiger partial charge in [-0.05, 0) is 29.9 Å². The Bertz CT molecular complexity index is 982. The van der Waals surface area contributed by atoms with Crippen molar-refractivity contribution in [1.82, 2.24) is 0 Å². The van der Waals surface area contributed by atoms with Gasteiger partial charge in [-0.3, -0.25) is 19.7 Å². The maximum atomic E-state index is 12.1. The van der Waals surface area contributed by atoms with Crippen LogP contribution in [-0.4, -0.2) is 28.3 Å². The highest BCUT2D eigenvalue weighted by molar-refractivity contribution is 6.07. The molecule has 1 N–H and O–H groups in total. The second kappa shape index (κ2) is 7.26. The summed E-state index contributed by atoms with van der Waals surface area (Å²) in [6.07, 6.45) is 6.89. The van der Waals surface area contributed by atoms with Gasteiger partial charge in [0.25, 0.3) is 5.70 Å². The molecule has 144 valence electrons. The maximum absolute atomic E-state index is 12.1. The first-order chi connectivity index (χ1) is 13.2. The van der Waals surface area contributed by atoms with Gasteiger partial charge in [0.1, 0.15) is 0 Å².